The highest BCUT2D eigenvalue weighted by Gasteiger charge is 2.28. The van der Waals surface area contributed by atoms with Crippen molar-refractivity contribution in [2.75, 3.05) is 26.2 Å². The third kappa shape index (κ3) is 7.16. The Morgan fingerprint density at radius 3 is 2.84 bits per heavy atom. The second kappa shape index (κ2) is 10.7. The molecule has 1 unspecified atom stereocenters. The molecule has 5 nitrogen and oxygen atoms in total. The Bertz CT molecular complexity index is 544. The average molecular weight is 345 g/mol. The SMILES string of the molecule is CCCCCCNC(N)=NCC1CC(=O)N(CCc2ccccc2)C1. The van der Waals surface area contributed by atoms with Crippen molar-refractivity contribution in [1.29, 1.82) is 0 Å². The van der Waals surface area contributed by atoms with Gasteiger partial charge >= 0.3 is 0 Å². The van der Waals surface area contributed by atoms with Crippen molar-refractivity contribution in [2.45, 2.75) is 45.4 Å². The van der Waals surface area contributed by atoms with Crippen molar-refractivity contribution in [2.24, 2.45) is 16.6 Å². The first-order valence-electron chi connectivity index (χ1n) is 9.54. The summed E-state index contributed by atoms with van der Waals surface area (Å²) in [6.07, 6.45) is 6.34. The molecule has 138 valence electrons. The van der Waals surface area contributed by atoms with Crippen LogP contribution < -0.4 is 11.1 Å². The van der Waals surface area contributed by atoms with Crippen LogP contribution in [0.4, 0.5) is 0 Å². The molecule has 1 aromatic carbocycles. The molecule has 5 heteroatoms. The summed E-state index contributed by atoms with van der Waals surface area (Å²) in [6, 6.07) is 10.3. The molecule has 1 atom stereocenters. The molecule has 0 saturated carbocycles. The minimum atomic E-state index is 0.238. The van der Waals surface area contributed by atoms with Gasteiger partial charge in [-0.1, -0.05) is 56.5 Å². The van der Waals surface area contributed by atoms with Gasteiger partial charge in [0, 0.05) is 38.5 Å². The van der Waals surface area contributed by atoms with E-state index in [9.17, 15) is 4.79 Å². The van der Waals surface area contributed by atoms with Gasteiger partial charge in [0.2, 0.25) is 5.91 Å². The molecule has 0 bridgehead atoms. The fraction of sp³-hybridized carbons (Fsp3) is 0.600. The molecule has 1 amide bonds. The number of amides is 1. The number of unbranched alkanes of at least 4 members (excludes halogenated alkanes) is 3. The van der Waals surface area contributed by atoms with Crippen LogP contribution in [-0.2, 0) is 11.2 Å². The van der Waals surface area contributed by atoms with Gasteiger partial charge in [-0.2, -0.15) is 0 Å². The summed E-state index contributed by atoms with van der Waals surface area (Å²) >= 11 is 0. The van der Waals surface area contributed by atoms with E-state index in [0.717, 1.165) is 32.5 Å². The molecule has 25 heavy (non-hydrogen) atoms. The normalized spacial score (nSPS) is 18.0. The van der Waals surface area contributed by atoms with Gasteiger partial charge in [0.15, 0.2) is 5.96 Å². The minimum Gasteiger partial charge on any atom is -0.370 e. The van der Waals surface area contributed by atoms with Crippen LogP contribution in [0.15, 0.2) is 35.3 Å². The van der Waals surface area contributed by atoms with Crippen LogP contribution in [0.1, 0.15) is 44.6 Å². The lowest BCUT2D eigenvalue weighted by Gasteiger charge is -2.16. The maximum absolute atomic E-state index is 12.2. The first kappa shape index (κ1) is 19.3. The summed E-state index contributed by atoms with van der Waals surface area (Å²) in [7, 11) is 0. The highest BCUT2D eigenvalue weighted by atomic mass is 16.2. The largest absolute Gasteiger partial charge is 0.370 e. The zero-order valence-electron chi connectivity index (χ0n) is 15.4. The van der Waals surface area contributed by atoms with Gasteiger partial charge in [-0.3, -0.25) is 9.79 Å². The Hall–Kier alpha value is -2.04. The average Bonchev–Trinajstić information content (AvgIpc) is 2.99. The van der Waals surface area contributed by atoms with Crippen molar-refractivity contribution in [3.05, 3.63) is 35.9 Å². The van der Waals surface area contributed by atoms with E-state index in [-0.39, 0.29) is 11.8 Å². The predicted molar refractivity (Wildman–Crippen MR) is 103 cm³/mol. The lowest BCUT2D eigenvalue weighted by molar-refractivity contribution is -0.127. The van der Waals surface area contributed by atoms with E-state index in [1.807, 2.05) is 23.1 Å². The number of benzene rings is 1. The molecule has 3 N–H and O–H groups in total. The molecule has 1 saturated heterocycles. The Morgan fingerprint density at radius 2 is 2.08 bits per heavy atom. The van der Waals surface area contributed by atoms with Crippen LogP contribution in [-0.4, -0.2) is 42.9 Å². The highest BCUT2D eigenvalue weighted by molar-refractivity contribution is 5.79. The van der Waals surface area contributed by atoms with Crippen LogP contribution in [0.5, 0.6) is 0 Å². The molecule has 0 aliphatic carbocycles. The number of hydrogen-bond donors (Lipinski definition) is 2. The maximum Gasteiger partial charge on any atom is 0.223 e. The molecule has 1 heterocycles. The van der Waals surface area contributed by atoms with E-state index in [4.69, 9.17) is 5.73 Å². The van der Waals surface area contributed by atoms with Crippen molar-refractivity contribution in [1.82, 2.24) is 10.2 Å². The predicted octanol–water partition coefficient (Wildman–Crippen LogP) is 2.56. The molecule has 2 rings (SSSR count). The standard InChI is InChI=1S/C20H32N4O/c1-2-3-4-8-12-22-20(21)23-15-18-14-19(25)24(16-18)13-11-17-9-6-5-7-10-17/h5-7,9-10,18H,2-4,8,11-16H2,1H3,(H3,21,22,23). The molecule has 0 aromatic heterocycles. The Balaban J connectivity index is 1.66. The van der Waals surface area contributed by atoms with E-state index in [0.29, 0.717) is 18.9 Å². The van der Waals surface area contributed by atoms with Gasteiger partial charge in [-0.15, -0.1) is 0 Å². The Labute approximate surface area is 151 Å². The molecule has 0 radical (unpaired) electrons. The number of aliphatic imine (C=N–C) groups is 1. The van der Waals surface area contributed by atoms with Crippen LogP contribution in [0.3, 0.4) is 0 Å². The van der Waals surface area contributed by atoms with Crippen molar-refractivity contribution in [3.63, 3.8) is 0 Å². The number of nitrogens with one attached hydrogen (secondary N) is 1. The van der Waals surface area contributed by atoms with Gasteiger partial charge in [0.05, 0.1) is 0 Å². The summed E-state index contributed by atoms with van der Waals surface area (Å²) in [4.78, 5) is 18.5. The lowest BCUT2D eigenvalue weighted by atomic mass is 10.1. The number of hydrogen-bond acceptors (Lipinski definition) is 2. The highest BCUT2D eigenvalue weighted by Crippen LogP contribution is 2.18. The quantitative estimate of drug-likeness (QED) is 0.389. The molecule has 1 fully saturated rings. The third-order valence-electron chi connectivity index (χ3n) is 4.66. The lowest BCUT2D eigenvalue weighted by Crippen LogP contribution is -2.33. The summed E-state index contributed by atoms with van der Waals surface area (Å²) in [5.74, 6) is 1.03. The maximum atomic E-state index is 12.2. The van der Waals surface area contributed by atoms with E-state index < -0.39 is 0 Å². The smallest absolute Gasteiger partial charge is 0.223 e. The monoisotopic (exact) mass is 344 g/mol. The number of guanidine groups is 1. The van der Waals surface area contributed by atoms with Gasteiger partial charge < -0.3 is 16.0 Å². The Kier molecular flexibility index (Phi) is 8.29. The summed E-state index contributed by atoms with van der Waals surface area (Å²) in [5.41, 5.74) is 7.18. The van der Waals surface area contributed by atoms with Gasteiger partial charge in [0.1, 0.15) is 0 Å². The van der Waals surface area contributed by atoms with Crippen molar-refractivity contribution < 1.29 is 4.79 Å². The third-order valence-corrected chi connectivity index (χ3v) is 4.66. The van der Waals surface area contributed by atoms with Gasteiger partial charge in [-0.25, -0.2) is 0 Å². The zero-order valence-corrected chi connectivity index (χ0v) is 15.4. The molecule has 1 aliphatic heterocycles. The molecule has 1 aliphatic rings. The van der Waals surface area contributed by atoms with Crippen LogP contribution in [0.25, 0.3) is 0 Å². The second-order valence-corrected chi connectivity index (χ2v) is 6.86. The fourth-order valence-corrected chi connectivity index (χ4v) is 3.15. The van der Waals surface area contributed by atoms with E-state index in [1.165, 1.54) is 24.8 Å². The molecular weight excluding hydrogens is 312 g/mol. The van der Waals surface area contributed by atoms with Crippen LogP contribution >= 0.6 is 0 Å². The van der Waals surface area contributed by atoms with Crippen molar-refractivity contribution >= 4 is 11.9 Å². The summed E-state index contributed by atoms with van der Waals surface area (Å²) in [6.45, 7) is 5.28. The number of rotatable bonds is 10. The number of nitrogens with zero attached hydrogens (tertiary/aromatic N) is 2. The summed E-state index contributed by atoms with van der Waals surface area (Å²) in [5, 5.41) is 3.16. The number of nitrogens with two attached hydrogens (primary N) is 1. The minimum absolute atomic E-state index is 0.238. The number of carbonyl (C=O) groups is 1. The van der Waals surface area contributed by atoms with Crippen LogP contribution in [0, 0.1) is 5.92 Å². The topological polar surface area (TPSA) is 70.7 Å². The zero-order chi connectivity index (χ0) is 17.9. The van der Waals surface area contributed by atoms with Crippen LogP contribution in [0.2, 0.25) is 0 Å². The first-order valence-corrected chi connectivity index (χ1v) is 9.54. The van der Waals surface area contributed by atoms with E-state index in [1.54, 1.807) is 0 Å². The number of likely N-dealkylation sites (tertiary alicyclic amines) is 1. The van der Waals surface area contributed by atoms with Gasteiger partial charge in [0.25, 0.3) is 0 Å². The number of carbonyl (C=O) groups excluding carboxylic acids is 1. The van der Waals surface area contributed by atoms with Gasteiger partial charge in [-0.05, 0) is 18.4 Å². The van der Waals surface area contributed by atoms with Crippen molar-refractivity contribution in [3.8, 4) is 0 Å². The molecule has 0 spiro atoms. The van der Waals surface area contributed by atoms with E-state index >= 15 is 0 Å². The first-order chi connectivity index (χ1) is 12.2. The Morgan fingerprint density at radius 1 is 1.28 bits per heavy atom. The second-order valence-electron chi connectivity index (χ2n) is 6.86. The van der Waals surface area contributed by atoms with E-state index in [2.05, 4.69) is 29.4 Å². The fourth-order valence-electron chi connectivity index (χ4n) is 3.15. The molecular formula is C20H32N4O. The molecule has 1 aromatic rings. The summed E-state index contributed by atoms with van der Waals surface area (Å²) < 4.78 is 0.